The van der Waals surface area contributed by atoms with Crippen molar-refractivity contribution in [2.45, 2.75) is 45.6 Å². The van der Waals surface area contributed by atoms with Crippen LogP contribution in [-0.2, 0) is 9.47 Å². The van der Waals surface area contributed by atoms with Gasteiger partial charge < -0.3 is 14.4 Å². The number of ketones is 1. The normalized spacial score (nSPS) is 18.0. The highest BCUT2D eigenvalue weighted by atomic mass is 16.6. The number of hydrogen-bond acceptors (Lipinski definition) is 6. The summed E-state index contributed by atoms with van der Waals surface area (Å²) in [6.07, 6.45) is 7.02. The molecule has 7 heteroatoms. The molecule has 1 saturated heterocycles. The third-order valence-electron chi connectivity index (χ3n) is 3.92. The van der Waals surface area contributed by atoms with Gasteiger partial charge in [-0.1, -0.05) is 0 Å². The van der Waals surface area contributed by atoms with E-state index in [1.54, 1.807) is 4.90 Å². The molecule has 0 N–H and O–H groups in total. The van der Waals surface area contributed by atoms with Crippen molar-refractivity contribution in [3.8, 4) is 0 Å². The van der Waals surface area contributed by atoms with Crippen LogP contribution in [0.1, 0.15) is 50.5 Å². The third-order valence-corrected chi connectivity index (χ3v) is 3.92. The second kappa shape index (κ2) is 8.89. The fraction of sp³-hybridized carbons (Fsp3) is 0.667. The first-order chi connectivity index (χ1) is 11.8. The average Bonchev–Trinajstić information content (AvgIpc) is 2.58. The second-order valence-electron chi connectivity index (χ2n) is 7.29. The van der Waals surface area contributed by atoms with Crippen molar-refractivity contribution < 1.29 is 19.1 Å². The molecule has 7 nitrogen and oxygen atoms in total. The Morgan fingerprint density at radius 1 is 1.32 bits per heavy atom. The van der Waals surface area contributed by atoms with E-state index in [-0.39, 0.29) is 18.5 Å². The van der Waals surface area contributed by atoms with Gasteiger partial charge in [-0.15, -0.1) is 0 Å². The van der Waals surface area contributed by atoms with Crippen LogP contribution in [-0.4, -0.2) is 58.6 Å². The Morgan fingerprint density at radius 3 is 2.80 bits per heavy atom. The van der Waals surface area contributed by atoms with Crippen molar-refractivity contribution in [2.24, 2.45) is 5.92 Å². The summed E-state index contributed by atoms with van der Waals surface area (Å²) in [6.45, 7) is 7.50. The summed E-state index contributed by atoms with van der Waals surface area (Å²) in [7, 11) is 0. The molecule has 0 aromatic carbocycles. The van der Waals surface area contributed by atoms with Crippen LogP contribution in [0.5, 0.6) is 0 Å². The fourth-order valence-electron chi connectivity index (χ4n) is 2.72. The van der Waals surface area contributed by atoms with Gasteiger partial charge >= 0.3 is 6.09 Å². The lowest BCUT2D eigenvalue weighted by atomic mass is 9.95. The molecule has 0 bridgehead atoms. The highest BCUT2D eigenvalue weighted by Crippen LogP contribution is 2.21. The fourth-order valence-corrected chi connectivity index (χ4v) is 2.72. The van der Waals surface area contributed by atoms with E-state index in [4.69, 9.17) is 9.47 Å². The Morgan fingerprint density at radius 2 is 2.12 bits per heavy atom. The summed E-state index contributed by atoms with van der Waals surface area (Å²) >= 11 is 0. The number of likely N-dealkylation sites (tertiary alicyclic amines) is 1. The molecule has 1 aromatic rings. The standard InChI is InChI=1S/C18H27N3O4/c1-18(2,3)25-17(23)21-9-4-5-14(12-21)6-10-24-13-16(22)15-11-19-7-8-20-15/h7-8,11,14H,4-6,9-10,12-13H2,1-3H3/t14-/m1/s1. The van der Waals surface area contributed by atoms with Gasteiger partial charge in [-0.3, -0.25) is 9.78 Å². The number of amides is 1. The molecule has 1 aliphatic rings. The molecule has 1 fully saturated rings. The molecule has 0 saturated carbocycles. The monoisotopic (exact) mass is 349 g/mol. The number of Topliss-reactive ketones (excluding diaryl/α,β-unsaturated/α-hetero) is 1. The molecule has 1 aliphatic heterocycles. The molecule has 0 aliphatic carbocycles. The largest absolute Gasteiger partial charge is 0.444 e. The van der Waals surface area contributed by atoms with Crippen LogP contribution in [0.2, 0.25) is 0 Å². The van der Waals surface area contributed by atoms with Crippen LogP contribution < -0.4 is 0 Å². The maximum absolute atomic E-state index is 12.2. The van der Waals surface area contributed by atoms with E-state index in [1.807, 2.05) is 20.8 Å². The lowest BCUT2D eigenvalue weighted by Crippen LogP contribution is -2.43. The van der Waals surface area contributed by atoms with E-state index in [1.165, 1.54) is 18.6 Å². The summed E-state index contributed by atoms with van der Waals surface area (Å²) in [6, 6.07) is 0. The van der Waals surface area contributed by atoms with Crippen molar-refractivity contribution in [1.29, 1.82) is 0 Å². The van der Waals surface area contributed by atoms with Gasteiger partial charge in [-0.25, -0.2) is 9.78 Å². The van der Waals surface area contributed by atoms with Crippen molar-refractivity contribution in [3.63, 3.8) is 0 Å². The topological polar surface area (TPSA) is 81.6 Å². The van der Waals surface area contributed by atoms with Gasteiger partial charge in [0.15, 0.2) is 0 Å². The maximum atomic E-state index is 12.2. The first-order valence-corrected chi connectivity index (χ1v) is 8.70. The Labute approximate surface area is 148 Å². The molecule has 0 unspecified atom stereocenters. The molecule has 1 atom stereocenters. The van der Waals surface area contributed by atoms with E-state index in [9.17, 15) is 9.59 Å². The zero-order valence-corrected chi connectivity index (χ0v) is 15.2. The minimum Gasteiger partial charge on any atom is -0.444 e. The van der Waals surface area contributed by atoms with Gasteiger partial charge in [0, 0.05) is 32.1 Å². The first-order valence-electron chi connectivity index (χ1n) is 8.70. The lowest BCUT2D eigenvalue weighted by Gasteiger charge is -2.34. The molecule has 2 heterocycles. The van der Waals surface area contributed by atoms with Crippen LogP contribution in [0.3, 0.4) is 0 Å². The molecule has 2 rings (SSSR count). The van der Waals surface area contributed by atoms with Crippen molar-refractivity contribution in [1.82, 2.24) is 14.9 Å². The maximum Gasteiger partial charge on any atom is 0.410 e. The number of ether oxygens (including phenoxy) is 2. The zero-order valence-electron chi connectivity index (χ0n) is 15.2. The lowest BCUT2D eigenvalue weighted by molar-refractivity contribution is 0.0141. The van der Waals surface area contributed by atoms with E-state index < -0.39 is 5.60 Å². The highest BCUT2D eigenvalue weighted by molar-refractivity contribution is 5.94. The van der Waals surface area contributed by atoms with E-state index in [2.05, 4.69) is 9.97 Å². The number of carbonyl (C=O) groups is 2. The van der Waals surface area contributed by atoms with Crippen molar-refractivity contribution in [3.05, 3.63) is 24.3 Å². The van der Waals surface area contributed by atoms with Gasteiger partial charge in [0.05, 0.1) is 6.20 Å². The second-order valence-corrected chi connectivity index (χ2v) is 7.29. The highest BCUT2D eigenvalue weighted by Gasteiger charge is 2.27. The Hall–Kier alpha value is -2.02. The predicted molar refractivity (Wildman–Crippen MR) is 92.3 cm³/mol. The van der Waals surface area contributed by atoms with Crippen molar-refractivity contribution >= 4 is 11.9 Å². The molecule has 1 amide bonds. The van der Waals surface area contributed by atoms with E-state index in [0.717, 1.165) is 25.8 Å². The Bertz CT molecular complexity index is 571. The molecule has 0 spiro atoms. The zero-order chi connectivity index (χ0) is 18.3. The molecular formula is C18H27N3O4. The molecule has 1 aromatic heterocycles. The van der Waals surface area contributed by atoms with Crippen LogP contribution in [0.4, 0.5) is 4.79 Å². The number of nitrogens with zero attached hydrogens (tertiary/aromatic N) is 3. The Balaban J connectivity index is 1.69. The number of carbonyl (C=O) groups excluding carboxylic acids is 2. The van der Waals surface area contributed by atoms with Gasteiger partial charge in [0.25, 0.3) is 0 Å². The van der Waals surface area contributed by atoms with E-state index in [0.29, 0.717) is 24.8 Å². The molecule has 25 heavy (non-hydrogen) atoms. The van der Waals surface area contributed by atoms with E-state index >= 15 is 0 Å². The quantitative estimate of drug-likeness (QED) is 0.580. The SMILES string of the molecule is CC(C)(C)OC(=O)N1CCC[C@H](CCOCC(=O)c2cnccn2)C1. The number of aromatic nitrogens is 2. The minimum absolute atomic E-state index is 0.00118. The summed E-state index contributed by atoms with van der Waals surface area (Å²) in [4.78, 5) is 33.6. The molecule has 0 radical (unpaired) electrons. The van der Waals surface area contributed by atoms with Crippen LogP contribution in [0.25, 0.3) is 0 Å². The average molecular weight is 349 g/mol. The first kappa shape index (κ1) is 19.3. The number of piperidine rings is 1. The number of rotatable bonds is 6. The van der Waals surface area contributed by atoms with Crippen molar-refractivity contribution in [2.75, 3.05) is 26.3 Å². The third kappa shape index (κ3) is 6.78. The van der Waals surface area contributed by atoms with Gasteiger partial charge in [-0.2, -0.15) is 0 Å². The summed E-state index contributed by atoms with van der Waals surface area (Å²) < 4.78 is 10.9. The smallest absolute Gasteiger partial charge is 0.410 e. The van der Waals surface area contributed by atoms with Crippen LogP contribution in [0.15, 0.2) is 18.6 Å². The summed E-state index contributed by atoms with van der Waals surface area (Å²) in [5, 5.41) is 0. The van der Waals surface area contributed by atoms with Gasteiger partial charge in [0.1, 0.15) is 17.9 Å². The van der Waals surface area contributed by atoms with Crippen LogP contribution in [0, 0.1) is 5.92 Å². The minimum atomic E-state index is -0.478. The van der Waals surface area contributed by atoms with Gasteiger partial charge in [0.2, 0.25) is 5.78 Å². The van der Waals surface area contributed by atoms with Crippen LogP contribution >= 0.6 is 0 Å². The summed E-state index contributed by atoms with van der Waals surface area (Å²) in [5.41, 5.74) is -0.162. The predicted octanol–water partition coefficient (Wildman–Crippen LogP) is 2.71. The Kier molecular flexibility index (Phi) is 6.87. The molecular weight excluding hydrogens is 322 g/mol. The van der Waals surface area contributed by atoms with Gasteiger partial charge in [-0.05, 0) is 46.0 Å². The number of hydrogen-bond donors (Lipinski definition) is 0. The molecule has 138 valence electrons. The summed E-state index contributed by atoms with van der Waals surface area (Å²) in [5.74, 6) is 0.194.